The minimum atomic E-state index is -0.490. The lowest BCUT2D eigenvalue weighted by Gasteiger charge is -2.37. The van der Waals surface area contributed by atoms with Gasteiger partial charge in [-0.3, -0.25) is 4.90 Å². The lowest BCUT2D eigenvalue weighted by Crippen LogP contribution is -2.46. The van der Waals surface area contributed by atoms with Crippen molar-refractivity contribution in [3.05, 3.63) is 23.7 Å². The van der Waals surface area contributed by atoms with Gasteiger partial charge in [0.1, 0.15) is 16.9 Å². The third kappa shape index (κ3) is 5.22. The molecule has 25 heavy (non-hydrogen) atoms. The van der Waals surface area contributed by atoms with Crippen molar-refractivity contribution in [3.8, 4) is 0 Å². The van der Waals surface area contributed by atoms with Gasteiger partial charge in [0.25, 0.3) is 0 Å². The number of likely N-dealkylation sites (tertiary alicyclic amines) is 1. The first-order valence-electron chi connectivity index (χ1n) is 8.54. The van der Waals surface area contributed by atoms with E-state index in [0.29, 0.717) is 17.9 Å². The van der Waals surface area contributed by atoms with Gasteiger partial charge in [-0.2, -0.15) is 0 Å². The van der Waals surface area contributed by atoms with Gasteiger partial charge in [0.05, 0.1) is 19.9 Å². The molecule has 0 aliphatic carbocycles. The molecule has 0 spiro atoms. The van der Waals surface area contributed by atoms with Gasteiger partial charge < -0.3 is 18.8 Å². The Bertz CT molecular complexity index is 597. The fourth-order valence-corrected chi connectivity index (χ4v) is 2.91. The van der Waals surface area contributed by atoms with Crippen LogP contribution in [-0.2, 0) is 16.0 Å². The van der Waals surface area contributed by atoms with E-state index in [1.165, 1.54) is 13.4 Å². The maximum atomic E-state index is 12.2. The van der Waals surface area contributed by atoms with Crippen LogP contribution in [0.1, 0.15) is 49.7 Å². The number of rotatable bonds is 4. The monoisotopic (exact) mass is 352 g/mol. The van der Waals surface area contributed by atoms with Gasteiger partial charge in [0, 0.05) is 26.2 Å². The van der Waals surface area contributed by atoms with Crippen LogP contribution in [0.25, 0.3) is 0 Å². The molecule has 0 saturated carbocycles. The van der Waals surface area contributed by atoms with E-state index in [-0.39, 0.29) is 18.1 Å². The van der Waals surface area contributed by atoms with Crippen molar-refractivity contribution in [2.75, 3.05) is 27.2 Å². The number of hydrogen-bond acceptors (Lipinski definition) is 6. The molecular weight excluding hydrogens is 324 g/mol. The van der Waals surface area contributed by atoms with Crippen LogP contribution in [0, 0.1) is 0 Å². The van der Waals surface area contributed by atoms with Crippen molar-refractivity contribution in [1.82, 2.24) is 9.80 Å². The molecule has 1 aromatic rings. The molecule has 2 heterocycles. The minimum Gasteiger partial charge on any atom is -0.467 e. The molecule has 1 saturated heterocycles. The summed E-state index contributed by atoms with van der Waals surface area (Å²) < 4.78 is 15.6. The number of piperidine rings is 1. The molecule has 0 N–H and O–H groups in total. The van der Waals surface area contributed by atoms with Gasteiger partial charge in [-0.25, -0.2) is 9.59 Å². The van der Waals surface area contributed by atoms with Crippen LogP contribution in [0.5, 0.6) is 0 Å². The number of carbonyl (C=O) groups is 2. The van der Waals surface area contributed by atoms with Crippen molar-refractivity contribution in [3.63, 3.8) is 0 Å². The summed E-state index contributed by atoms with van der Waals surface area (Å²) in [6.07, 6.45) is 2.92. The summed E-state index contributed by atoms with van der Waals surface area (Å²) in [4.78, 5) is 27.8. The molecule has 1 aliphatic rings. The zero-order chi connectivity index (χ0) is 18.6. The van der Waals surface area contributed by atoms with E-state index in [1.54, 1.807) is 18.0 Å². The first-order chi connectivity index (χ1) is 11.7. The summed E-state index contributed by atoms with van der Waals surface area (Å²) in [5.41, 5.74) is -0.0224. The molecule has 0 atom stereocenters. The van der Waals surface area contributed by atoms with Crippen LogP contribution in [0.4, 0.5) is 4.79 Å². The molecule has 2 rings (SSSR count). The fraction of sp³-hybridized carbons (Fsp3) is 0.667. The maximum absolute atomic E-state index is 12.2. The van der Waals surface area contributed by atoms with Crippen LogP contribution in [0.15, 0.2) is 16.7 Å². The van der Waals surface area contributed by atoms with Gasteiger partial charge in [0.2, 0.25) is 0 Å². The average molecular weight is 352 g/mol. The quantitative estimate of drug-likeness (QED) is 0.776. The molecule has 1 aliphatic heterocycles. The molecule has 0 bridgehead atoms. The van der Waals surface area contributed by atoms with Gasteiger partial charge >= 0.3 is 12.1 Å². The Morgan fingerprint density at radius 2 is 1.96 bits per heavy atom. The van der Waals surface area contributed by atoms with E-state index >= 15 is 0 Å². The highest BCUT2D eigenvalue weighted by atomic mass is 16.6. The number of methoxy groups -OCH3 is 1. The summed E-state index contributed by atoms with van der Waals surface area (Å²) >= 11 is 0. The highest BCUT2D eigenvalue weighted by Gasteiger charge is 2.29. The van der Waals surface area contributed by atoms with Crippen molar-refractivity contribution in [1.29, 1.82) is 0 Å². The highest BCUT2D eigenvalue weighted by Crippen LogP contribution is 2.21. The Labute approximate surface area is 148 Å². The van der Waals surface area contributed by atoms with E-state index in [0.717, 1.165) is 25.9 Å². The first-order valence-corrected chi connectivity index (χ1v) is 8.54. The number of carbonyl (C=O) groups excluding carboxylic acids is 2. The molecule has 1 aromatic heterocycles. The standard InChI is InChI=1S/C18H28N2O5/c1-18(2,3)25-17(22)19(4)13-6-9-20(10-7-13)12-15-14(8-11-24-15)16(21)23-5/h8,11,13H,6-7,9-10,12H2,1-5H3. The topological polar surface area (TPSA) is 72.2 Å². The summed E-state index contributed by atoms with van der Waals surface area (Å²) in [5, 5.41) is 0. The van der Waals surface area contributed by atoms with E-state index in [9.17, 15) is 9.59 Å². The van der Waals surface area contributed by atoms with Crippen LogP contribution in [0.3, 0.4) is 0 Å². The number of amides is 1. The van der Waals surface area contributed by atoms with Gasteiger partial charge in [0.15, 0.2) is 0 Å². The molecule has 7 heteroatoms. The lowest BCUT2D eigenvalue weighted by atomic mass is 10.0. The van der Waals surface area contributed by atoms with Crippen LogP contribution < -0.4 is 0 Å². The fourth-order valence-electron chi connectivity index (χ4n) is 2.91. The van der Waals surface area contributed by atoms with E-state index in [4.69, 9.17) is 13.9 Å². The Hall–Kier alpha value is -2.02. The number of furan rings is 1. The van der Waals surface area contributed by atoms with Crippen LogP contribution >= 0.6 is 0 Å². The van der Waals surface area contributed by atoms with E-state index in [2.05, 4.69) is 4.90 Å². The molecule has 0 aromatic carbocycles. The molecule has 1 amide bonds. The summed E-state index contributed by atoms with van der Waals surface area (Å²) in [5.74, 6) is 0.231. The second kappa shape index (κ2) is 7.91. The summed E-state index contributed by atoms with van der Waals surface area (Å²) in [7, 11) is 3.15. The number of nitrogens with zero attached hydrogens (tertiary/aromatic N) is 2. The van der Waals surface area contributed by atoms with Crippen molar-refractivity contribution < 1.29 is 23.5 Å². The molecule has 1 fully saturated rings. The minimum absolute atomic E-state index is 0.155. The van der Waals surface area contributed by atoms with Crippen molar-refractivity contribution in [2.45, 2.75) is 51.8 Å². The van der Waals surface area contributed by atoms with Gasteiger partial charge in [-0.05, 0) is 39.7 Å². The Morgan fingerprint density at radius 1 is 1.32 bits per heavy atom. The smallest absolute Gasteiger partial charge is 0.410 e. The molecular formula is C18H28N2O5. The number of esters is 1. The number of hydrogen-bond donors (Lipinski definition) is 0. The Balaban J connectivity index is 1.87. The van der Waals surface area contributed by atoms with Crippen molar-refractivity contribution >= 4 is 12.1 Å². The maximum Gasteiger partial charge on any atom is 0.410 e. The largest absolute Gasteiger partial charge is 0.467 e. The molecule has 0 radical (unpaired) electrons. The molecule has 0 unspecified atom stereocenters. The molecule has 7 nitrogen and oxygen atoms in total. The number of ether oxygens (including phenoxy) is 2. The van der Waals surface area contributed by atoms with E-state index in [1.807, 2.05) is 20.8 Å². The third-order valence-corrected chi connectivity index (χ3v) is 4.30. The second-order valence-corrected chi connectivity index (χ2v) is 7.35. The van der Waals surface area contributed by atoms with Gasteiger partial charge in [-0.1, -0.05) is 0 Å². The lowest BCUT2D eigenvalue weighted by molar-refractivity contribution is 0.0145. The first kappa shape index (κ1) is 19.3. The third-order valence-electron chi connectivity index (χ3n) is 4.30. The zero-order valence-corrected chi connectivity index (χ0v) is 15.7. The zero-order valence-electron chi connectivity index (χ0n) is 15.7. The SMILES string of the molecule is COC(=O)c1ccoc1CN1CCC(N(C)C(=O)OC(C)(C)C)CC1. The molecule has 140 valence electrons. The van der Waals surface area contributed by atoms with Crippen molar-refractivity contribution in [2.24, 2.45) is 0 Å². The van der Waals surface area contributed by atoms with Crippen LogP contribution in [0.2, 0.25) is 0 Å². The van der Waals surface area contributed by atoms with Gasteiger partial charge in [-0.15, -0.1) is 0 Å². The highest BCUT2D eigenvalue weighted by molar-refractivity contribution is 5.90. The van der Waals surface area contributed by atoms with Crippen LogP contribution in [-0.4, -0.2) is 60.8 Å². The average Bonchev–Trinajstić information content (AvgIpc) is 3.00. The second-order valence-electron chi connectivity index (χ2n) is 7.35. The van der Waals surface area contributed by atoms with E-state index < -0.39 is 5.60 Å². The summed E-state index contributed by atoms with van der Waals surface area (Å²) in [6.45, 7) is 7.79. The Kier molecular flexibility index (Phi) is 6.11. The predicted octanol–water partition coefficient (Wildman–Crippen LogP) is 2.90. The Morgan fingerprint density at radius 3 is 2.52 bits per heavy atom. The predicted molar refractivity (Wildman–Crippen MR) is 92.3 cm³/mol. The summed E-state index contributed by atoms with van der Waals surface area (Å²) in [6, 6.07) is 1.78. The normalized spacial score (nSPS) is 16.5.